The lowest BCUT2D eigenvalue weighted by molar-refractivity contribution is 0.239. The van der Waals surface area contributed by atoms with Gasteiger partial charge in [0.15, 0.2) is 0 Å². The highest BCUT2D eigenvalue weighted by Crippen LogP contribution is 2.18. The Labute approximate surface area is 121 Å². The van der Waals surface area contributed by atoms with Gasteiger partial charge in [-0.1, -0.05) is 24.3 Å². The zero-order chi connectivity index (χ0) is 14.2. The fourth-order valence-corrected chi connectivity index (χ4v) is 2.00. The molecule has 20 heavy (non-hydrogen) atoms. The van der Waals surface area contributed by atoms with Crippen molar-refractivity contribution in [3.63, 3.8) is 0 Å². The topological polar surface area (TPSA) is 34.1 Å². The van der Waals surface area contributed by atoms with Crippen molar-refractivity contribution >= 4 is 0 Å². The zero-order valence-electron chi connectivity index (χ0n) is 12.2. The highest BCUT2D eigenvalue weighted by atomic mass is 16.5. The Bertz CT molecular complexity index is 511. The van der Waals surface area contributed by atoms with E-state index in [0.717, 1.165) is 31.0 Å². The van der Waals surface area contributed by atoms with Crippen molar-refractivity contribution < 1.29 is 4.74 Å². The SMILES string of the molecule is CC(C)Oc1ccccc1CNCCc1ccccn1. The normalized spacial score (nSPS) is 10.8. The fourth-order valence-electron chi connectivity index (χ4n) is 2.00. The second-order valence-electron chi connectivity index (χ2n) is 5.02. The lowest BCUT2D eigenvalue weighted by Crippen LogP contribution is -2.18. The first-order chi connectivity index (χ1) is 9.75. The molecule has 0 amide bonds. The Morgan fingerprint density at radius 3 is 2.65 bits per heavy atom. The molecule has 1 N–H and O–H groups in total. The lowest BCUT2D eigenvalue weighted by atomic mass is 10.2. The molecule has 3 heteroatoms. The number of benzene rings is 1. The molecule has 2 rings (SSSR count). The number of para-hydroxylation sites is 1. The van der Waals surface area contributed by atoms with Crippen molar-refractivity contribution in [2.45, 2.75) is 32.9 Å². The molecule has 1 heterocycles. The largest absolute Gasteiger partial charge is 0.491 e. The second-order valence-corrected chi connectivity index (χ2v) is 5.02. The monoisotopic (exact) mass is 270 g/mol. The molecule has 0 radical (unpaired) electrons. The van der Waals surface area contributed by atoms with Crippen LogP contribution in [0.1, 0.15) is 25.1 Å². The van der Waals surface area contributed by atoms with E-state index in [2.05, 4.69) is 22.4 Å². The lowest BCUT2D eigenvalue weighted by Gasteiger charge is -2.14. The molecule has 2 aromatic rings. The minimum atomic E-state index is 0.199. The van der Waals surface area contributed by atoms with Crippen LogP contribution in [0.2, 0.25) is 0 Å². The molecule has 106 valence electrons. The molecule has 0 unspecified atom stereocenters. The Morgan fingerprint density at radius 1 is 1.10 bits per heavy atom. The minimum absolute atomic E-state index is 0.199. The predicted molar refractivity (Wildman–Crippen MR) is 81.9 cm³/mol. The van der Waals surface area contributed by atoms with E-state index in [4.69, 9.17) is 4.74 Å². The highest BCUT2D eigenvalue weighted by Gasteiger charge is 2.04. The van der Waals surface area contributed by atoms with E-state index in [1.54, 1.807) is 0 Å². The fraction of sp³-hybridized carbons (Fsp3) is 0.353. The Hall–Kier alpha value is -1.87. The maximum Gasteiger partial charge on any atom is 0.124 e. The molecule has 0 spiro atoms. The third kappa shape index (κ3) is 4.67. The van der Waals surface area contributed by atoms with Crippen LogP contribution in [0.4, 0.5) is 0 Å². The van der Waals surface area contributed by atoms with Crippen LogP contribution in [0.3, 0.4) is 0 Å². The van der Waals surface area contributed by atoms with Gasteiger partial charge in [-0.15, -0.1) is 0 Å². The third-order valence-electron chi connectivity index (χ3n) is 2.93. The molecule has 1 aromatic carbocycles. The maximum absolute atomic E-state index is 5.81. The van der Waals surface area contributed by atoms with Gasteiger partial charge in [-0.25, -0.2) is 0 Å². The molecule has 0 saturated heterocycles. The standard InChI is InChI=1S/C17H22N2O/c1-14(2)20-17-9-4-3-7-15(17)13-18-12-10-16-8-5-6-11-19-16/h3-9,11,14,18H,10,12-13H2,1-2H3. The molecule has 1 aromatic heterocycles. The van der Waals surface area contributed by atoms with Crippen LogP contribution < -0.4 is 10.1 Å². The Morgan fingerprint density at radius 2 is 1.90 bits per heavy atom. The molecule has 0 fully saturated rings. The molecule has 0 atom stereocenters. The van der Waals surface area contributed by atoms with Crippen molar-refractivity contribution in [2.24, 2.45) is 0 Å². The van der Waals surface area contributed by atoms with E-state index in [0.29, 0.717) is 0 Å². The van der Waals surface area contributed by atoms with Gasteiger partial charge < -0.3 is 10.1 Å². The summed E-state index contributed by atoms with van der Waals surface area (Å²) in [4.78, 5) is 4.32. The Balaban J connectivity index is 1.82. The predicted octanol–water partition coefficient (Wildman–Crippen LogP) is 3.20. The number of hydrogen-bond donors (Lipinski definition) is 1. The van der Waals surface area contributed by atoms with Crippen LogP contribution in [0, 0.1) is 0 Å². The van der Waals surface area contributed by atoms with E-state index in [1.165, 1.54) is 5.56 Å². The minimum Gasteiger partial charge on any atom is -0.491 e. The summed E-state index contributed by atoms with van der Waals surface area (Å²) in [6.07, 6.45) is 2.97. The summed E-state index contributed by atoms with van der Waals surface area (Å²) in [6.45, 7) is 5.82. The summed E-state index contributed by atoms with van der Waals surface area (Å²) >= 11 is 0. The molecule has 3 nitrogen and oxygen atoms in total. The van der Waals surface area contributed by atoms with E-state index in [-0.39, 0.29) is 6.10 Å². The highest BCUT2D eigenvalue weighted by molar-refractivity contribution is 5.33. The van der Waals surface area contributed by atoms with Crippen LogP contribution in [-0.4, -0.2) is 17.6 Å². The number of aromatic nitrogens is 1. The summed E-state index contributed by atoms with van der Waals surface area (Å²) in [7, 11) is 0. The van der Waals surface area contributed by atoms with Gasteiger partial charge >= 0.3 is 0 Å². The van der Waals surface area contributed by atoms with Crippen molar-refractivity contribution in [2.75, 3.05) is 6.54 Å². The first-order valence-corrected chi connectivity index (χ1v) is 7.11. The number of rotatable bonds is 7. The third-order valence-corrected chi connectivity index (χ3v) is 2.93. The summed E-state index contributed by atoms with van der Waals surface area (Å²) in [5.41, 5.74) is 2.31. The van der Waals surface area contributed by atoms with Crippen LogP contribution in [-0.2, 0) is 13.0 Å². The Kier molecular flexibility index (Phi) is 5.56. The van der Waals surface area contributed by atoms with Gasteiger partial charge in [0.25, 0.3) is 0 Å². The van der Waals surface area contributed by atoms with Gasteiger partial charge in [0.05, 0.1) is 6.10 Å². The van der Waals surface area contributed by atoms with E-state index in [1.807, 2.05) is 50.4 Å². The average molecular weight is 270 g/mol. The second kappa shape index (κ2) is 7.65. The maximum atomic E-state index is 5.81. The molecule has 0 aliphatic carbocycles. The molecule has 0 bridgehead atoms. The molecular formula is C17H22N2O. The average Bonchev–Trinajstić information content (AvgIpc) is 2.46. The summed E-state index contributed by atoms with van der Waals surface area (Å²) < 4.78 is 5.81. The van der Waals surface area contributed by atoms with E-state index in [9.17, 15) is 0 Å². The summed E-state index contributed by atoms with van der Waals surface area (Å²) in [5.74, 6) is 0.966. The van der Waals surface area contributed by atoms with Gasteiger partial charge in [0.2, 0.25) is 0 Å². The first kappa shape index (κ1) is 14.5. The quantitative estimate of drug-likeness (QED) is 0.785. The number of pyridine rings is 1. The van der Waals surface area contributed by atoms with Gasteiger partial charge in [0, 0.05) is 37.0 Å². The molecule has 0 saturated carbocycles. The number of nitrogens with one attached hydrogen (secondary N) is 1. The molecule has 0 aliphatic rings. The van der Waals surface area contributed by atoms with Crippen molar-refractivity contribution in [1.29, 1.82) is 0 Å². The molecule has 0 aliphatic heterocycles. The van der Waals surface area contributed by atoms with Crippen LogP contribution in [0.25, 0.3) is 0 Å². The number of nitrogens with zero attached hydrogens (tertiary/aromatic N) is 1. The van der Waals surface area contributed by atoms with E-state index < -0.39 is 0 Å². The van der Waals surface area contributed by atoms with Crippen LogP contribution in [0.15, 0.2) is 48.7 Å². The van der Waals surface area contributed by atoms with Gasteiger partial charge in [0.1, 0.15) is 5.75 Å². The van der Waals surface area contributed by atoms with Gasteiger partial charge in [-0.05, 0) is 32.0 Å². The van der Waals surface area contributed by atoms with Crippen LogP contribution in [0.5, 0.6) is 5.75 Å². The van der Waals surface area contributed by atoms with Crippen molar-refractivity contribution in [3.05, 3.63) is 59.9 Å². The number of hydrogen-bond acceptors (Lipinski definition) is 3. The van der Waals surface area contributed by atoms with Crippen LogP contribution >= 0.6 is 0 Å². The number of ether oxygens (including phenoxy) is 1. The first-order valence-electron chi connectivity index (χ1n) is 7.11. The van der Waals surface area contributed by atoms with E-state index >= 15 is 0 Å². The van der Waals surface area contributed by atoms with Crippen molar-refractivity contribution in [1.82, 2.24) is 10.3 Å². The summed E-state index contributed by atoms with van der Waals surface area (Å²) in [6, 6.07) is 14.2. The smallest absolute Gasteiger partial charge is 0.124 e. The van der Waals surface area contributed by atoms with Gasteiger partial charge in [-0.3, -0.25) is 4.98 Å². The van der Waals surface area contributed by atoms with Crippen molar-refractivity contribution in [3.8, 4) is 5.75 Å². The zero-order valence-corrected chi connectivity index (χ0v) is 12.2. The molecular weight excluding hydrogens is 248 g/mol. The van der Waals surface area contributed by atoms with Gasteiger partial charge in [-0.2, -0.15) is 0 Å². The summed E-state index contributed by atoms with van der Waals surface area (Å²) in [5, 5.41) is 3.44.